The average molecular weight is 301 g/mol. The van der Waals surface area contributed by atoms with Crippen LogP contribution in [0.15, 0.2) is 22.7 Å². The van der Waals surface area contributed by atoms with Crippen LogP contribution in [-0.4, -0.2) is 12.8 Å². The zero-order valence-corrected chi connectivity index (χ0v) is 9.74. The molecule has 0 aliphatic rings. The summed E-state index contributed by atoms with van der Waals surface area (Å²) in [4.78, 5) is 0. The van der Waals surface area contributed by atoms with Gasteiger partial charge in [-0.2, -0.15) is 13.2 Å². The van der Waals surface area contributed by atoms with E-state index < -0.39 is 18.4 Å². The molecule has 90 valence electrons. The minimum absolute atomic E-state index is 0.0879. The molecular formula is C10H9BrF4O. The number of hydrogen-bond donors (Lipinski definition) is 0. The fraction of sp³-hybridized carbons (Fsp3) is 0.400. The summed E-state index contributed by atoms with van der Waals surface area (Å²) in [6.45, 7) is -0.0879. The Morgan fingerprint density at radius 1 is 1.19 bits per heavy atom. The Hall–Kier alpha value is -0.780. The molecule has 0 heterocycles. The fourth-order valence-electron chi connectivity index (χ4n) is 1.07. The molecule has 1 rings (SSSR count). The van der Waals surface area contributed by atoms with Crippen LogP contribution < -0.4 is 4.74 Å². The van der Waals surface area contributed by atoms with Gasteiger partial charge in [-0.05, 0) is 18.6 Å². The van der Waals surface area contributed by atoms with Crippen LogP contribution in [-0.2, 0) is 0 Å². The first kappa shape index (κ1) is 13.3. The Labute approximate surface area is 98.5 Å². The van der Waals surface area contributed by atoms with Crippen molar-refractivity contribution in [3.63, 3.8) is 0 Å². The van der Waals surface area contributed by atoms with Gasteiger partial charge in [0, 0.05) is 17.0 Å². The normalized spacial score (nSPS) is 11.6. The van der Waals surface area contributed by atoms with E-state index in [-0.39, 0.29) is 18.8 Å². The van der Waals surface area contributed by atoms with E-state index in [1.54, 1.807) is 0 Å². The molecule has 1 aromatic rings. The molecular weight excluding hydrogens is 292 g/mol. The van der Waals surface area contributed by atoms with E-state index in [0.717, 1.165) is 6.07 Å². The van der Waals surface area contributed by atoms with E-state index in [0.29, 0.717) is 4.47 Å². The van der Waals surface area contributed by atoms with Crippen molar-refractivity contribution in [3.05, 3.63) is 28.5 Å². The van der Waals surface area contributed by atoms with Gasteiger partial charge >= 0.3 is 6.18 Å². The van der Waals surface area contributed by atoms with Crippen LogP contribution in [0.5, 0.6) is 5.75 Å². The highest BCUT2D eigenvalue weighted by molar-refractivity contribution is 9.10. The average Bonchev–Trinajstić information content (AvgIpc) is 2.09. The monoisotopic (exact) mass is 300 g/mol. The molecule has 0 radical (unpaired) electrons. The van der Waals surface area contributed by atoms with Crippen LogP contribution >= 0.6 is 15.9 Å². The van der Waals surface area contributed by atoms with Crippen LogP contribution in [0.25, 0.3) is 0 Å². The molecule has 16 heavy (non-hydrogen) atoms. The maximum absolute atomic E-state index is 12.8. The Kier molecular flexibility index (Phi) is 4.58. The summed E-state index contributed by atoms with van der Waals surface area (Å²) in [6, 6.07) is 3.86. The van der Waals surface area contributed by atoms with E-state index in [4.69, 9.17) is 4.74 Å². The van der Waals surface area contributed by atoms with Crippen molar-refractivity contribution in [3.8, 4) is 5.75 Å². The van der Waals surface area contributed by atoms with Gasteiger partial charge in [0.1, 0.15) is 11.6 Å². The third-order valence-corrected chi connectivity index (χ3v) is 2.17. The largest absolute Gasteiger partial charge is 0.493 e. The first-order valence-electron chi connectivity index (χ1n) is 4.52. The third-order valence-electron chi connectivity index (χ3n) is 1.71. The van der Waals surface area contributed by atoms with E-state index in [9.17, 15) is 17.6 Å². The molecule has 0 amide bonds. The topological polar surface area (TPSA) is 9.23 Å². The maximum Gasteiger partial charge on any atom is 0.389 e. The second-order valence-electron chi connectivity index (χ2n) is 3.17. The summed E-state index contributed by atoms with van der Waals surface area (Å²) in [7, 11) is 0. The second kappa shape index (κ2) is 5.52. The first-order chi connectivity index (χ1) is 7.37. The third kappa shape index (κ3) is 5.34. The lowest BCUT2D eigenvalue weighted by Crippen LogP contribution is -2.09. The van der Waals surface area contributed by atoms with Crippen molar-refractivity contribution in [1.82, 2.24) is 0 Å². The summed E-state index contributed by atoms with van der Waals surface area (Å²) in [5.74, 6) is -0.283. The number of ether oxygens (including phenoxy) is 1. The quantitative estimate of drug-likeness (QED) is 0.595. The van der Waals surface area contributed by atoms with Gasteiger partial charge in [0.05, 0.1) is 6.61 Å². The van der Waals surface area contributed by atoms with Crippen molar-refractivity contribution in [2.24, 2.45) is 0 Å². The van der Waals surface area contributed by atoms with Gasteiger partial charge in [0.25, 0.3) is 0 Å². The van der Waals surface area contributed by atoms with Crippen LogP contribution in [0, 0.1) is 5.82 Å². The van der Waals surface area contributed by atoms with Crippen LogP contribution in [0.2, 0.25) is 0 Å². The molecule has 1 nitrogen and oxygen atoms in total. The van der Waals surface area contributed by atoms with Gasteiger partial charge in [0.2, 0.25) is 0 Å². The Morgan fingerprint density at radius 2 is 1.88 bits per heavy atom. The van der Waals surface area contributed by atoms with Crippen molar-refractivity contribution in [1.29, 1.82) is 0 Å². The maximum atomic E-state index is 12.8. The SMILES string of the molecule is Fc1cc(Br)cc(OCCCC(F)(F)F)c1. The van der Waals surface area contributed by atoms with Crippen molar-refractivity contribution < 1.29 is 22.3 Å². The number of alkyl halides is 3. The minimum atomic E-state index is -4.17. The molecule has 1 aromatic carbocycles. The zero-order chi connectivity index (χ0) is 12.2. The van der Waals surface area contributed by atoms with E-state index in [2.05, 4.69) is 15.9 Å². The Balaban J connectivity index is 2.37. The lowest BCUT2D eigenvalue weighted by molar-refractivity contribution is -0.136. The molecule has 0 aliphatic carbocycles. The Morgan fingerprint density at radius 3 is 2.44 bits per heavy atom. The number of hydrogen-bond acceptors (Lipinski definition) is 1. The second-order valence-corrected chi connectivity index (χ2v) is 4.09. The Bertz CT molecular complexity index is 331. The molecule has 0 spiro atoms. The van der Waals surface area contributed by atoms with Crippen molar-refractivity contribution >= 4 is 15.9 Å². The van der Waals surface area contributed by atoms with E-state index in [1.165, 1.54) is 12.1 Å². The molecule has 0 atom stereocenters. The molecule has 0 unspecified atom stereocenters. The lowest BCUT2D eigenvalue weighted by Gasteiger charge is -2.08. The molecule has 0 aliphatic heterocycles. The summed E-state index contributed by atoms with van der Waals surface area (Å²) >= 11 is 3.05. The van der Waals surface area contributed by atoms with Crippen LogP contribution in [0.1, 0.15) is 12.8 Å². The van der Waals surface area contributed by atoms with E-state index in [1.807, 2.05) is 0 Å². The summed E-state index contributed by atoms with van der Waals surface area (Å²) in [5, 5.41) is 0. The highest BCUT2D eigenvalue weighted by Gasteiger charge is 2.26. The number of halogens is 5. The van der Waals surface area contributed by atoms with Crippen molar-refractivity contribution in [2.75, 3.05) is 6.61 Å². The molecule has 0 fully saturated rings. The molecule has 0 N–H and O–H groups in total. The molecule has 0 aromatic heterocycles. The van der Waals surface area contributed by atoms with Gasteiger partial charge in [-0.15, -0.1) is 0 Å². The number of rotatable bonds is 4. The molecule has 0 saturated carbocycles. The summed E-state index contributed by atoms with van der Waals surface area (Å²) in [6.07, 6.45) is -5.22. The predicted molar refractivity (Wildman–Crippen MR) is 54.9 cm³/mol. The predicted octanol–water partition coefficient (Wildman–Crippen LogP) is 4.31. The van der Waals surface area contributed by atoms with Gasteiger partial charge in [-0.1, -0.05) is 15.9 Å². The fourth-order valence-corrected chi connectivity index (χ4v) is 1.52. The van der Waals surface area contributed by atoms with Gasteiger partial charge in [0.15, 0.2) is 0 Å². The minimum Gasteiger partial charge on any atom is -0.493 e. The van der Waals surface area contributed by atoms with Crippen LogP contribution in [0.3, 0.4) is 0 Å². The van der Waals surface area contributed by atoms with Gasteiger partial charge in [-0.3, -0.25) is 0 Å². The highest BCUT2D eigenvalue weighted by atomic mass is 79.9. The number of benzene rings is 1. The van der Waals surface area contributed by atoms with Gasteiger partial charge < -0.3 is 4.74 Å². The zero-order valence-electron chi connectivity index (χ0n) is 8.15. The van der Waals surface area contributed by atoms with Gasteiger partial charge in [-0.25, -0.2) is 4.39 Å². The molecule has 0 saturated heterocycles. The van der Waals surface area contributed by atoms with Crippen molar-refractivity contribution in [2.45, 2.75) is 19.0 Å². The summed E-state index contributed by atoms with van der Waals surface area (Å²) in [5.41, 5.74) is 0. The smallest absolute Gasteiger partial charge is 0.389 e. The first-order valence-corrected chi connectivity index (χ1v) is 5.32. The molecule has 0 bridgehead atoms. The summed E-state index contributed by atoms with van der Waals surface area (Å²) < 4.78 is 53.7. The van der Waals surface area contributed by atoms with Crippen LogP contribution in [0.4, 0.5) is 17.6 Å². The highest BCUT2D eigenvalue weighted by Crippen LogP contribution is 2.23. The lowest BCUT2D eigenvalue weighted by atomic mass is 10.3. The van der Waals surface area contributed by atoms with E-state index >= 15 is 0 Å². The molecule has 6 heteroatoms. The standard InChI is InChI=1S/C10H9BrF4O/c11-7-4-8(12)6-9(5-7)16-3-1-2-10(13,14)15/h4-6H,1-3H2.